The molecule has 0 saturated carbocycles. The average Bonchev–Trinajstić information content (AvgIpc) is 3.06. The maximum Gasteiger partial charge on any atom is 0.257 e. The quantitative estimate of drug-likeness (QED) is 0.819. The molecule has 1 aromatic rings. The SMILES string of the molecule is CCCN1CC[C@H]2[C@H]1CCN2C(=O)c1cnn(C)c1. The third-order valence-electron chi connectivity index (χ3n) is 4.41. The minimum atomic E-state index is 0.152. The lowest BCUT2D eigenvalue weighted by molar-refractivity contribution is 0.0732. The molecule has 0 aromatic carbocycles. The number of aromatic nitrogens is 2. The van der Waals surface area contributed by atoms with E-state index >= 15 is 0 Å². The van der Waals surface area contributed by atoms with E-state index in [1.807, 2.05) is 13.2 Å². The second-order valence-corrected chi connectivity index (χ2v) is 5.65. The minimum Gasteiger partial charge on any atom is -0.334 e. The molecule has 0 unspecified atom stereocenters. The molecule has 104 valence electrons. The second-order valence-electron chi connectivity index (χ2n) is 5.65. The van der Waals surface area contributed by atoms with E-state index < -0.39 is 0 Å². The highest BCUT2D eigenvalue weighted by Crippen LogP contribution is 2.32. The molecule has 0 spiro atoms. The molecular weight excluding hydrogens is 240 g/mol. The fourth-order valence-electron chi connectivity index (χ4n) is 3.59. The van der Waals surface area contributed by atoms with Crippen LogP contribution < -0.4 is 0 Å². The minimum absolute atomic E-state index is 0.152. The van der Waals surface area contributed by atoms with Crippen LogP contribution in [0.4, 0.5) is 0 Å². The van der Waals surface area contributed by atoms with Crippen molar-refractivity contribution in [3.63, 3.8) is 0 Å². The van der Waals surface area contributed by atoms with Gasteiger partial charge in [0.2, 0.25) is 0 Å². The maximum atomic E-state index is 12.5. The summed E-state index contributed by atoms with van der Waals surface area (Å²) >= 11 is 0. The summed E-state index contributed by atoms with van der Waals surface area (Å²) in [4.78, 5) is 17.1. The largest absolute Gasteiger partial charge is 0.334 e. The molecule has 3 rings (SSSR count). The summed E-state index contributed by atoms with van der Waals surface area (Å²) in [5.41, 5.74) is 0.720. The van der Waals surface area contributed by atoms with Gasteiger partial charge in [0.25, 0.3) is 5.91 Å². The molecule has 0 radical (unpaired) electrons. The van der Waals surface area contributed by atoms with Gasteiger partial charge in [-0.1, -0.05) is 6.92 Å². The van der Waals surface area contributed by atoms with E-state index in [0.29, 0.717) is 12.1 Å². The van der Waals surface area contributed by atoms with E-state index in [-0.39, 0.29) is 5.91 Å². The molecule has 3 heterocycles. The lowest BCUT2D eigenvalue weighted by Gasteiger charge is -2.25. The van der Waals surface area contributed by atoms with Crippen molar-refractivity contribution in [2.24, 2.45) is 7.05 Å². The first-order chi connectivity index (χ1) is 9.20. The molecule has 1 aromatic heterocycles. The van der Waals surface area contributed by atoms with Gasteiger partial charge in [-0.2, -0.15) is 5.10 Å². The van der Waals surface area contributed by atoms with E-state index in [4.69, 9.17) is 0 Å². The van der Waals surface area contributed by atoms with Crippen LogP contribution in [0.15, 0.2) is 12.4 Å². The molecule has 2 saturated heterocycles. The van der Waals surface area contributed by atoms with Crippen molar-refractivity contribution in [2.75, 3.05) is 19.6 Å². The van der Waals surface area contributed by atoms with Gasteiger partial charge in [-0.05, 0) is 25.8 Å². The highest BCUT2D eigenvalue weighted by Gasteiger charge is 2.44. The Balaban J connectivity index is 1.72. The number of aryl methyl sites for hydroxylation is 1. The zero-order chi connectivity index (χ0) is 13.4. The molecule has 2 fully saturated rings. The van der Waals surface area contributed by atoms with Crippen LogP contribution in [0.1, 0.15) is 36.5 Å². The van der Waals surface area contributed by atoms with Crippen LogP contribution in [0.25, 0.3) is 0 Å². The van der Waals surface area contributed by atoms with Crippen molar-refractivity contribution < 1.29 is 4.79 Å². The Bertz CT molecular complexity index is 470. The van der Waals surface area contributed by atoms with Gasteiger partial charge in [0, 0.05) is 38.4 Å². The second kappa shape index (κ2) is 4.96. The summed E-state index contributed by atoms with van der Waals surface area (Å²) < 4.78 is 1.69. The first-order valence-corrected chi connectivity index (χ1v) is 7.24. The van der Waals surface area contributed by atoms with E-state index in [0.717, 1.165) is 38.0 Å². The van der Waals surface area contributed by atoms with Gasteiger partial charge < -0.3 is 4.90 Å². The Labute approximate surface area is 114 Å². The number of fused-ring (bicyclic) bond motifs is 1. The standard InChI is InChI=1S/C14H22N4O/c1-3-6-17-7-4-13-12(17)5-8-18(13)14(19)11-9-15-16(2)10-11/h9-10,12-13H,3-8H2,1-2H3/t12-,13+/m1/s1. The third kappa shape index (κ3) is 2.16. The number of carbonyl (C=O) groups is 1. The van der Waals surface area contributed by atoms with Gasteiger partial charge in [0.1, 0.15) is 0 Å². The number of hydrogen-bond acceptors (Lipinski definition) is 3. The van der Waals surface area contributed by atoms with Gasteiger partial charge in [0.15, 0.2) is 0 Å². The molecular formula is C14H22N4O. The van der Waals surface area contributed by atoms with Crippen molar-refractivity contribution in [3.05, 3.63) is 18.0 Å². The van der Waals surface area contributed by atoms with Crippen molar-refractivity contribution in [3.8, 4) is 0 Å². The molecule has 5 heteroatoms. The summed E-state index contributed by atoms with van der Waals surface area (Å²) in [6, 6.07) is 1.000. The molecule has 5 nitrogen and oxygen atoms in total. The smallest absolute Gasteiger partial charge is 0.257 e. The molecule has 0 bridgehead atoms. The predicted octanol–water partition coefficient (Wildman–Crippen LogP) is 1.12. The number of nitrogens with zero attached hydrogens (tertiary/aromatic N) is 4. The van der Waals surface area contributed by atoms with Gasteiger partial charge >= 0.3 is 0 Å². The fourth-order valence-corrected chi connectivity index (χ4v) is 3.59. The van der Waals surface area contributed by atoms with E-state index in [9.17, 15) is 4.79 Å². The molecule has 19 heavy (non-hydrogen) atoms. The normalized spacial score (nSPS) is 26.9. The van der Waals surface area contributed by atoms with Crippen molar-refractivity contribution in [1.29, 1.82) is 0 Å². The molecule has 0 aliphatic carbocycles. The molecule has 2 aliphatic heterocycles. The highest BCUT2D eigenvalue weighted by atomic mass is 16.2. The molecule has 2 aliphatic rings. The third-order valence-corrected chi connectivity index (χ3v) is 4.41. The molecule has 1 amide bonds. The van der Waals surface area contributed by atoms with Crippen LogP contribution in [0.2, 0.25) is 0 Å². The Morgan fingerprint density at radius 1 is 1.37 bits per heavy atom. The van der Waals surface area contributed by atoms with Gasteiger partial charge in [-0.25, -0.2) is 0 Å². The number of carbonyl (C=O) groups excluding carboxylic acids is 1. The molecule has 0 N–H and O–H groups in total. The Morgan fingerprint density at radius 2 is 2.16 bits per heavy atom. The van der Waals surface area contributed by atoms with Crippen LogP contribution in [-0.2, 0) is 7.05 Å². The van der Waals surface area contributed by atoms with E-state index in [1.165, 1.54) is 6.42 Å². The Hall–Kier alpha value is -1.36. The average molecular weight is 262 g/mol. The van der Waals surface area contributed by atoms with Crippen LogP contribution in [0, 0.1) is 0 Å². The van der Waals surface area contributed by atoms with Crippen LogP contribution in [0.3, 0.4) is 0 Å². The monoisotopic (exact) mass is 262 g/mol. The van der Waals surface area contributed by atoms with Gasteiger partial charge in [-0.15, -0.1) is 0 Å². The van der Waals surface area contributed by atoms with Crippen LogP contribution in [0.5, 0.6) is 0 Å². The van der Waals surface area contributed by atoms with Gasteiger partial charge in [0.05, 0.1) is 11.8 Å². The maximum absolute atomic E-state index is 12.5. The highest BCUT2D eigenvalue weighted by molar-refractivity contribution is 5.94. The Kier molecular flexibility index (Phi) is 3.31. The fraction of sp³-hybridized carbons (Fsp3) is 0.714. The summed E-state index contributed by atoms with van der Waals surface area (Å²) in [6.45, 7) is 5.42. The first kappa shape index (κ1) is 12.7. The summed E-state index contributed by atoms with van der Waals surface area (Å²) in [5, 5.41) is 4.10. The first-order valence-electron chi connectivity index (χ1n) is 7.24. The van der Waals surface area contributed by atoms with E-state index in [2.05, 4.69) is 21.8 Å². The summed E-state index contributed by atoms with van der Waals surface area (Å²) in [6.07, 6.45) is 6.93. The summed E-state index contributed by atoms with van der Waals surface area (Å²) in [7, 11) is 1.85. The zero-order valence-corrected chi connectivity index (χ0v) is 11.7. The topological polar surface area (TPSA) is 41.4 Å². The number of rotatable bonds is 3. The Morgan fingerprint density at radius 3 is 2.84 bits per heavy atom. The van der Waals surface area contributed by atoms with Crippen LogP contribution in [-0.4, -0.2) is 57.2 Å². The zero-order valence-electron chi connectivity index (χ0n) is 11.7. The van der Waals surface area contributed by atoms with E-state index in [1.54, 1.807) is 10.9 Å². The predicted molar refractivity (Wildman–Crippen MR) is 72.9 cm³/mol. The van der Waals surface area contributed by atoms with Gasteiger partial charge in [-0.3, -0.25) is 14.4 Å². The van der Waals surface area contributed by atoms with Crippen molar-refractivity contribution in [1.82, 2.24) is 19.6 Å². The molecule has 2 atom stereocenters. The van der Waals surface area contributed by atoms with Crippen molar-refractivity contribution >= 4 is 5.91 Å². The van der Waals surface area contributed by atoms with Crippen molar-refractivity contribution in [2.45, 2.75) is 38.3 Å². The number of hydrogen-bond donors (Lipinski definition) is 0. The number of likely N-dealkylation sites (tertiary alicyclic amines) is 2. The summed E-state index contributed by atoms with van der Waals surface area (Å²) in [5.74, 6) is 0.152. The lowest BCUT2D eigenvalue weighted by atomic mass is 10.1. The van der Waals surface area contributed by atoms with Crippen LogP contribution >= 0.6 is 0 Å². The lowest BCUT2D eigenvalue weighted by Crippen LogP contribution is -2.39. The number of amides is 1.